The SMILES string of the molecule is Cc1c(C(=O)O)[nH]c2c([N+](=O)[O-])cccc12. The van der Waals surface area contributed by atoms with Gasteiger partial charge >= 0.3 is 5.97 Å². The summed E-state index contributed by atoms with van der Waals surface area (Å²) < 4.78 is 0. The molecule has 0 atom stereocenters. The summed E-state index contributed by atoms with van der Waals surface area (Å²) in [4.78, 5) is 23.6. The van der Waals surface area contributed by atoms with E-state index in [0.717, 1.165) is 0 Å². The van der Waals surface area contributed by atoms with E-state index in [2.05, 4.69) is 4.98 Å². The van der Waals surface area contributed by atoms with Gasteiger partial charge in [0.25, 0.3) is 5.69 Å². The minimum Gasteiger partial charge on any atom is -0.477 e. The molecule has 0 aliphatic heterocycles. The maximum Gasteiger partial charge on any atom is 0.352 e. The molecule has 0 spiro atoms. The standard InChI is InChI=1S/C10H8N2O4/c1-5-6-3-2-4-7(12(15)16)9(6)11-8(5)10(13)14/h2-4,11H,1H3,(H,13,14). The van der Waals surface area contributed by atoms with Crippen LogP contribution in [-0.4, -0.2) is 21.0 Å². The number of aromatic amines is 1. The van der Waals surface area contributed by atoms with Crippen LogP contribution in [0.25, 0.3) is 10.9 Å². The van der Waals surface area contributed by atoms with Crippen LogP contribution >= 0.6 is 0 Å². The fourth-order valence-electron chi connectivity index (χ4n) is 1.70. The summed E-state index contributed by atoms with van der Waals surface area (Å²) in [6, 6.07) is 4.53. The van der Waals surface area contributed by atoms with Crippen molar-refractivity contribution >= 4 is 22.6 Å². The maximum atomic E-state index is 10.9. The Kier molecular flexibility index (Phi) is 2.12. The largest absolute Gasteiger partial charge is 0.477 e. The number of hydrogen-bond acceptors (Lipinski definition) is 3. The van der Waals surface area contributed by atoms with Gasteiger partial charge in [-0.1, -0.05) is 12.1 Å². The first kappa shape index (κ1) is 10.2. The highest BCUT2D eigenvalue weighted by atomic mass is 16.6. The molecule has 2 aromatic rings. The lowest BCUT2D eigenvalue weighted by Crippen LogP contribution is -1.98. The van der Waals surface area contributed by atoms with Crippen molar-refractivity contribution in [1.29, 1.82) is 0 Å². The number of nitrogens with one attached hydrogen (secondary N) is 1. The van der Waals surface area contributed by atoms with E-state index in [1.54, 1.807) is 13.0 Å². The molecule has 0 amide bonds. The van der Waals surface area contributed by atoms with E-state index in [4.69, 9.17) is 5.11 Å². The molecule has 1 aromatic heterocycles. The van der Waals surface area contributed by atoms with Crippen LogP contribution in [0.1, 0.15) is 16.1 Å². The molecule has 0 aliphatic carbocycles. The molecule has 2 N–H and O–H groups in total. The van der Waals surface area contributed by atoms with Crippen molar-refractivity contribution in [1.82, 2.24) is 4.98 Å². The number of benzene rings is 1. The Balaban J connectivity index is 2.85. The number of aromatic carboxylic acids is 1. The Bertz CT molecular complexity index is 600. The highest BCUT2D eigenvalue weighted by molar-refractivity contribution is 6.00. The summed E-state index contributed by atoms with van der Waals surface area (Å²) in [6.45, 7) is 1.62. The van der Waals surface area contributed by atoms with E-state index in [0.29, 0.717) is 10.9 Å². The second kappa shape index (κ2) is 3.34. The number of aryl methyl sites for hydroxylation is 1. The predicted octanol–water partition coefficient (Wildman–Crippen LogP) is 2.08. The molecular formula is C10H8N2O4. The summed E-state index contributed by atoms with van der Waals surface area (Å²) in [6.07, 6.45) is 0. The zero-order valence-electron chi connectivity index (χ0n) is 8.35. The van der Waals surface area contributed by atoms with Gasteiger partial charge in [0.05, 0.1) is 4.92 Å². The minimum absolute atomic E-state index is 0.00991. The Hall–Kier alpha value is -2.37. The van der Waals surface area contributed by atoms with Gasteiger partial charge < -0.3 is 10.1 Å². The first-order valence-electron chi connectivity index (χ1n) is 4.51. The molecular weight excluding hydrogens is 212 g/mol. The van der Waals surface area contributed by atoms with Gasteiger partial charge in [0.2, 0.25) is 0 Å². The second-order valence-corrected chi connectivity index (χ2v) is 3.39. The van der Waals surface area contributed by atoms with Gasteiger partial charge in [-0.15, -0.1) is 0 Å². The molecule has 16 heavy (non-hydrogen) atoms. The van der Waals surface area contributed by atoms with Crippen molar-refractivity contribution in [2.75, 3.05) is 0 Å². The van der Waals surface area contributed by atoms with Crippen LogP contribution in [0.2, 0.25) is 0 Å². The van der Waals surface area contributed by atoms with Gasteiger partial charge in [-0.2, -0.15) is 0 Å². The van der Waals surface area contributed by atoms with E-state index in [1.807, 2.05) is 0 Å². The Morgan fingerprint density at radius 1 is 1.50 bits per heavy atom. The lowest BCUT2D eigenvalue weighted by Gasteiger charge is -1.93. The fourth-order valence-corrected chi connectivity index (χ4v) is 1.70. The highest BCUT2D eigenvalue weighted by Gasteiger charge is 2.19. The lowest BCUT2D eigenvalue weighted by molar-refractivity contribution is -0.383. The van der Waals surface area contributed by atoms with Crippen LogP contribution in [-0.2, 0) is 0 Å². The predicted molar refractivity (Wildman–Crippen MR) is 56.6 cm³/mol. The number of rotatable bonds is 2. The first-order chi connectivity index (χ1) is 7.52. The van der Waals surface area contributed by atoms with Gasteiger partial charge in [-0.3, -0.25) is 10.1 Å². The lowest BCUT2D eigenvalue weighted by atomic mass is 10.1. The van der Waals surface area contributed by atoms with Crippen molar-refractivity contribution in [3.63, 3.8) is 0 Å². The number of nitro benzene ring substituents is 1. The molecule has 6 heteroatoms. The number of H-pyrrole nitrogens is 1. The first-order valence-corrected chi connectivity index (χ1v) is 4.51. The number of fused-ring (bicyclic) bond motifs is 1. The smallest absolute Gasteiger partial charge is 0.352 e. The number of para-hydroxylation sites is 1. The average molecular weight is 220 g/mol. The highest BCUT2D eigenvalue weighted by Crippen LogP contribution is 2.28. The van der Waals surface area contributed by atoms with Gasteiger partial charge in [-0.05, 0) is 12.5 Å². The van der Waals surface area contributed by atoms with Gasteiger partial charge in [0, 0.05) is 11.5 Å². The van der Waals surface area contributed by atoms with Crippen molar-refractivity contribution in [2.45, 2.75) is 6.92 Å². The number of carboxylic acid groups (broad SMARTS) is 1. The van der Waals surface area contributed by atoms with Crippen molar-refractivity contribution in [2.24, 2.45) is 0 Å². The Morgan fingerprint density at radius 2 is 2.19 bits per heavy atom. The Morgan fingerprint density at radius 3 is 2.75 bits per heavy atom. The van der Waals surface area contributed by atoms with E-state index in [-0.39, 0.29) is 16.9 Å². The number of nitro groups is 1. The summed E-state index contributed by atoms with van der Waals surface area (Å²) in [5.74, 6) is -1.12. The fraction of sp³-hybridized carbons (Fsp3) is 0.100. The molecule has 1 heterocycles. The number of nitrogens with zero attached hydrogens (tertiary/aromatic N) is 1. The second-order valence-electron chi connectivity index (χ2n) is 3.39. The van der Waals surface area contributed by atoms with Crippen LogP contribution < -0.4 is 0 Å². The minimum atomic E-state index is -1.12. The van der Waals surface area contributed by atoms with Crippen molar-refractivity contribution < 1.29 is 14.8 Å². The number of carboxylic acids is 1. The number of aromatic nitrogens is 1. The summed E-state index contributed by atoms with van der Waals surface area (Å²) in [5.41, 5.74) is 0.631. The molecule has 0 unspecified atom stereocenters. The van der Waals surface area contributed by atoms with Gasteiger partial charge in [0.15, 0.2) is 0 Å². The van der Waals surface area contributed by atoms with Crippen LogP contribution in [0, 0.1) is 17.0 Å². The Labute approximate surface area is 89.7 Å². The average Bonchev–Trinajstić information content (AvgIpc) is 2.56. The van der Waals surface area contributed by atoms with Crippen LogP contribution in [0.3, 0.4) is 0 Å². The number of carbonyl (C=O) groups is 1. The molecule has 2 rings (SSSR count). The summed E-state index contributed by atoms with van der Waals surface area (Å²) >= 11 is 0. The zero-order chi connectivity index (χ0) is 11.9. The van der Waals surface area contributed by atoms with E-state index < -0.39 is 10.9 Å². The zero-order valence-corrected chi connectivity index (χ0v) is 8.35. The third-order valence-corrected chi connectivity index (χ3v) is 2.48. The number of hydrogen-bond donors (Lipinski definition) is 2. The molecule has 0 bridgehead atoms. The van der Waals surface area contributed by atoms with Crippen molar-refractivity contribution in [3.05, 3.63) is 39.6 Å². The van der Waals surface area contributed by atoms with Crippen LogP contribution in [0.15, 0.2) is 18.2 Å². The van der Waals surface area contributed by atoms with Crippen LogP contribution in [0.4, 0.5) is 5.69 Å². The monoisotopic (exact) mass is 220 g/mol. The third kappa shape index (κ3) is 1.31. The molecule has 0 saturated carbocycles. The molecule has 6 nitrogen and oxygen atoms in total. The van der Waals surface area contributed by atoms with Gasteiger partial charge in [-0.25, -0.2) is 4.79 Å². The quantitative estimate of drug-likeness (QED) is 0.598. The molecule has 1 aromatic carbocycles. The maximum absolute atomic E-state index is 10.9. The molecule has 0 saturated heterocycles. The van der Waals surface area contributed by atoms with E-state index >= 15 is 0 Å². The topological polar surface area (TPSA) is 96.2 Å². The summed E-state index contributed by atoms with van der Waals surface area (Å²) in [7, 11) is 0. The van der Waals surface area contributed by atoms with E-state index in [9.17, 15) is 14.9 Å². The van der Waals surface area contributed by atoms with Gasteiger partial charge in [0.1, 0.15) is 11.2 Å². The molecule has 82 valence electrons. The van der Waals surface area contributed by atoms with Crippen LogP contribution in [0.5, 0.6) is 0 Å². The summed E-state index contributed by atoms with van der Waals surface area (Å²) in [5, 5.41) is 20.2. The van der Waals surface area contributed by atoms with Crippen molar-refractivity contribution in [3.8, 4) is 0 Å². The molecule has 0 fully saturated rings. The molecule has 0 aliphatic rings. The number of non-ortho nitro benzene ring substituents is 1. The normalized spacial score (nSPS) is 10.6. The van der Waals surface area contributed by atoms with E-state index in [1.165, 1.54) is 12.1 Å². The molecule has 0 radical (unpaired) electrons. The third-order valence-electron chi connectivity index (χ3n) is 2.48.